The lowest BCUT2D eigenvalue weighted by atomic mass is 9.95. The lowest BCUT2D eigenvalue weighted by Gasteiger charge is -2.35. The summed E-state index contributed by atoms with van der Waals surface area (Å²) in [5, 5.41) is 3.08. The Hall–Kier alpha value is -1.14. The van der Waals surface area contributed by atoms with E-state index in [0.29, 0.717) is 18.4 Å². The molecule has 3 aliphatic rings. The zero-order chi connectivity index (χ0) is 17.8. The summed E-state index contributed by atoms with van der Waals surface area (Å²) >= 11 is 0. The van der Waals surface area contributed by atoms with Crippen LogP contribution in [0.25, 0.3) is 0 Å². The molecule has 2 heterocycles. The van der Waals surface area contributed by atoms with Crippen molar-refractivity contribution in [2.24, 2.45) is 17.8 Å². The molecule has 0 spiro atoms. The number of amides is 2. The highest BCUT2D eigenvalue weighted by Gasteiger charge is 2.36. The number of morpholine rings is 1. The van der Waals surface area contributed by atoms with Crippen molar-refractivity contribution < 1.29 is 14.3 Å². The number of piperidine rings is 1. The average Bonchev–Trinajstić information content (AvgIpc) is 3.44. The Balaban J connectivity index is 1.36. The van der Waals surface area contributed by atoms with Crippen LogP contribution in [0.4, 0.5) is 0 Å². The molecule has 25 heavy (non-hydrogen) atoms. The summed E-state index contributed by atoms with van der Waals surface area (Å²) in [6.07, 6.45) is 3.76. The fourth-order valence-electron chi connectivity index (χ4n) is 3.90. The first kappa shape index (κ1) is 18.6. The highest BCUT2D eigenvalue weighted by atomic mass is 16.5. The molecule has 0 aromatic carbocycles. The molecule has 1 N–H and O–H groups in total. The van der Waals surface area contributed by atoms with Gasteiger partial charge in [-0.25, -0.2) is 0 Å². The minimum absolute atomic E-state index is 0.0404. The third-order valence-corrected chi connectivity index (χ3v) is 5.45. The molecule has 0 radical (unpaired) electrons. The van der Waals surface area contributed by atoms with Gasteiger partial charge in [-0.1, -0.05) is 13.8 Å². The minimum Gasteiger partial charge on any atom is -0.374 e. The molecule has 0 aromatic rings. The summed E-state index contributed by atoms with van der Waals surface area (Å²) in [7, 11) is 0. The van der Waals surface area contributed by atoms with Crippen molar-refractivity contribution in [2.45, 2.75) is 45.6 Å². The van der Waals surface area contributed by atoms with Crippen LogP contribution < -0.4 is 5.32 Å². The third kappa shape index (κ3) is 5.42. The van der Waals surface area contributed by atoms with Crippen LogP contribution in [0, 0.1) is 17.8 Å². The molecule has 2 aliphatic heterocycles. The summed E-state index contributed by atoms with van der Waals surface area (Å²) in [6.45, 7) is 10.2. The maximum atomic E-state index is 12.4. The molecule has 1 atom stereocenters. The van der Waals surface area contributed by atoms with Crippen molar-refractivity contribution in [2.75, 3.05) is 45.9 Å². The predicted molar refractivity (Wildman–Crippen MR) is 96.1 cm³/mol. The standard InChI is InChI=1S/C19H33N3O3/c1-14(2)12-21-9-10-25-17(13-21)11-20-18(23)15-5-7-22(8-6-15)19(24)16-3-4-16/h14-17H,3-13H2,1-2H3,(H,20,23). The Morgan fingerprint density at radius 2 is 1.80 bits per heavy atom. The highest BCUT2D eigenvalue weighted by Crippen LogP contribution is 2.32. The third-order valence-electron chi connectivity index (χ3n) is 5.45. The van der Waals surface area contributed by atoms with Gasteiger partial charge in [0, 0.05) is 51.1 Å². The van der Waals surface area contributed by atoms with Crippen molar-refractivity contribution >= 4 is 11.8 Å². The van der Waals surface area contributed by atoms with Crippen LogP contribution in [0.1, 0.15) is 39.5 Å². The van der Waals surface area contributed by atoms with Gasteiger partial charge in [0.15, 0.2) is 0 Å². The molecule has 0 bridgehead atoms. The SMILES string of the molecule is CC(C)CN1CCOC(CNC(=O)C2CCN(C(=O)C3CC3)CC2)C1. The van der Waals surface area contributed by atoms with Crippen molar-refractivity contribution in [1.29, 1.82) is 0 Å². The van der Waals surface area contributed by atoms with Gasteiger partial charge in [0.2, 0.25) is 11.8 Å². The Morgan fingerprint density at radius 3 is 2.44 bits per heavy atom. The molecule has 6 nitrogen and oxygen atoms in total. The molecular weight excluding hydrogens is 318 g/mol. The summed E-state index contributed by atoms with van der Waals surface area (Å²) in [6, 6.07) is 0. The van der Waals surface area contributed by atoms with E-state index in [4.69, 9.17) is 4.74 Å². The Bertz CT molecular complexity index is 471. The number of rotatable bonds is 6. The molecular formula is C19H33N3O3. The number of hydrogen-bond donors (Lipinski definition) is 1. The molecule has 1 aliphatic carbocycles. The van der Waals surface area contributed by atoms with Crippen molar-refractivity contribution in [3.05, 3.63) is 0 Å². The number of hydrogen-bond acceptors (Lipinski definition) is 4. The molecule has 6 heteroatoms. The van der Waals surface area contributed by atoms with Crippen LogP contribution in [0.5, 0.6) is 0 Å². The second kappa shape index (κ2) is 8.49. The monoisotopic (exact) mass is 351 g/mol. The van der Waals surface area contributed by atoms with Crippen LogP contribution in [0.15, 0.2) is 0 Å². The summed E-state index contributed by atoms with van der Waals surface area (Å²) in [5.74, 6) is 1.40. The van der Waals surface area contributed by atoms with Gasteiger partial charge in [-0.2, -0.15) is 0 Å². The molecule has 2 saturated heterocycles. The van der Waals surface area contributed by atoms with Crippen LogP contribution >= 0.6 is 0 Å². The zero-order valence-electron chi connectivity index (χ0n) is 15.7. The van der Waals surface area contributed by atoms with Crippen molar-refractivity contribution in [3.8, 4) is 0 Å². The first-order valence-electron chi connectivity index (χ1n) is 9.93. The number of likely N-dealkylation sites (tertiary alicyclic amines) is 1. The molecule has 0 aromatic heterocycles. The maximum absolute atomic E-state index is 12.4. The molecule has 2 amide bonds. The fraction of sp³-hybridized carbons (Fsp3) is 0.895. The number of carbonyl (C=O) groups is 2. The van der Waals surface area contributed by atoms with Gasteiger partial charge in [0.25, 0.3) is 0 Å². The summed E-state index contributed by atoms with van der Waals surface area (Å²) in [5.41, 5.74) is 0. The van der Waals surface area contributed by atoms with E-state index in [9.17, 15) is 9.59 Å². The van der Waals surface area contributed by atoms with Crippen LogP contribution in [-0.4, -0.2) is 73.6 Å². The average molecular weight is 351 g/mol. The normalized spacial score (nSPS) is 26.0. The lowest BCUT2D eigenvalue weighted by Crippen LogP contribution is -2.50. The van der Waals surface area contributed by atoms with E-state index in [0.717, 1.165) is 65.0 Å². The zero-order valence-corrected chi connectivity index (χ0v) is 15.7. The molecule has 1 saturated carbocycles. The molecule has 3 rings (SSSR count). The van der Waals surface area contributed by atoms with E-state index in [1.807, 2.05) is 4.90 Å². The lowest BCUT2D eigenvalue weighted by molar-refractivity contribution is -0.136. The van der Waals surface area contributed by atoms with Gasteiger partial charge in [-0.05, 0) is 31.6 Å². The number of nitrogens with one attached hydrogen (secondary N) is 1. The maximum Gasteiger partial charge on any atom is 0.225 e. The first-order valence-corrected chi connectivity index (χ1v) is 9.93. The Kier molecular flexibility index (Phi) is 6.34. The van der Waals surface area contributed by atoms with Gasteiger partial charge < -0.3 is 15.0 Å². The highest BCUT2D eigenvalue weighted by molar-refractivity contribution is 5.82. The van der Waals surface area contributed by atoms with Gasteiger partial charge in [0.1, 0.15) is 0 Å². The first-order chi connectivity index (χ1) is 12.0. The number of nitrogens with zero attached hydrogens (tertiary/aromatic N) is 2. The van der Waals surface area contributed by atoms with E-state index in [1.165, 1.54) is 0 Å². The second-order valence-corrected chi connectivity index (χ2v) is 8.27. The summed E-state index contributed by atoms with van der Waals surface area (Å²) < 4.78 is 5.80. The van der Waals surface area contributed by atoms with E-state index in [-0.39, 0.29) is 23.8 Å². The number of carbonyl (C=O) groups excluding carboxylic acids is 2. The smallest absolute Gasteiger partial charge is 0.225 e. The van der Waals surface area contributed by atoms with E-state index >= 15 is 0 Å². The molecule has 3 fully saturated rings. The number of ether oxygens (including phenoxy) is 1. The Labute approximate surface area is 151 Å². The van der Waals surface area contributed by atoms with Crippen molar-refractivity contribution in [3.63, 3.8) is 0 Å². The van der Waals surface area contributed by atoms with Gasteiger partial charge in [-0.3, -0.25) is 14.5 Å². The van der Waals surface area contributed by atoms with Crippen LogP contribution in [-0.2, 0) is 14.3 Å². The molecule has 142 valence electrons. The van der Waals surface area contributed by atoms with Crippen molar-refractivity contribution in [1.82, 2.24) is 15.1 Å². The largest absolute Gasteiger partial charge is 0.374 e. The van der Waals surface area contributed by atoms with E-state index in [1.54, 1.807) is 0 Å². The molecule has 1 unspecified atom stereocenters. The van der Waals surface area contributed by atoms with Gasteiger partial charge in [-0.15, -0.1) is 0 Å². The van der Waals surface area contributed by atoms with Gasteiger partial charge in [0.05, 0.1) is 12.7 Å². The summed E-state index contributed by atoms with van der Waals surface area (Å²) in [4.78, 5) is 28.9. The van der Waals surface area contributed by atoms with Crippen LogP contribution in [0.3, 0.4) is 0 Å². The van der Waals surface area contributed by atoms with Gasteiger partial charge >= 0.3 is 0 Å². The topological polar surface area (TPSA) is 61.9 Å². The van der Waals surface area contributed by atoms with Crippen LogP contribution in [0.2, 0.25) is 0 Å². The fourth-order valence-corrected chi connectivity index (χ4v) is 3.90. The van der Waals surface area contributed by atoms with E-state index < -0.39 is 0 Å². The second-order valence-electron chi connectivity index (χ2n) is 8.27. The predicted octanol–water partition coefficient (Wildman–Crippen LogP) is 1.11. The quantitative estimate of drug-likeness (QED) is 0.779. The Morgan fingerprint density at radius 1 is 1.08 bits per heavy atom. The van der Waals surface area contributed by atoms with E-state index in [2.05, 4.69) is 24.1 Å². The minimum atomic E-state index is 0.0404.